The van der Waals surface area contributed by atoms with Crippen LogP contribution in [-0.2, 0) is 4.74 Å². The van der Waals surface area contributed by atoms with E-state index in [1.165, 1.54) is 4.90 Å². The summed E-state index contributed by atoms with van der Waals surface area (Å²) in [5, 5.41) is 38.3. The molecule has 0 spiro atoms. The van der Waals surface area contributed by atoms with Crippen molar-refractivity contribution in [1.82, 2.24) is 9.88 Å². The molecule has 2 heterocycles. The molecule has 0 radical (unpaired) electrons. The standard InChI is InChI=1S/C22H22N6O2/c1-21(2,3)30-20(29)28-8-6-15-16(9-23)19(26)22(12-24,13-25)18(17(15)11-28)14-5-4-7-27-10-14/h4-7,10,16-18,26H,8,11H2,1-3H3/t16?,17-,18+/m0/s1. The minimum absolute atomic E-state index is 0.177. The molecule has 2 aliphatic rings. The Hall–Kier alpha value is -3.70. The van der Waals surface area contributed by atoms with Crippen molar-refractivity contribution in [1.29, 1.82) is 21.2 Å². The van der Waals surface area contributed by atoms with Gasteiger partial charge in [-0.25, -0.2) is 4.79 Å². The van der Waals surface area contributed by atoms with Crippen LogP contribution < -0.4 is 0 Å². The third kappa shape index (κ3) is 3.40. The number of carbonyl (C=O) groups is 1. The highest BCUT2D eigenvalue weighted by Crippen LogP contribution is 2.53. The maximum absolute atomic E-state index is 12.7. The molecular weight excluding hydrogens is 380 g/mol. The molecule has 1 N–H and O–H groups in total. The number of ether oxygens (including phenoxy) is 1. The average molecular weight is 402 g/mol. The summed E-state index contributed by atoms with van der Waals surface area (Å²) in [5.41, 5.74) is -1.45. The number of nitrogens with one attached hydrogen (secondary N) is 1. The number of amides is 1. The highest BCUT2D eigenvalue weighted by atomic mass is 16.6. The Morgan fingerprint density at radius 3 is 2.57 bits per heavy atom. The van der Waals surface area contributed by atoms with Gasteiger partial charge in [-0.2, -0.15) is 15.8 Å². The van der Waals surface area contributed by atoms with Gasteiger partial charge in [-0.15, -0.1) is 0 Å². The summed E-state index contributed by atoms with van der Waals surface area (Å²) in [6, 6.07) is 9.58. The largest absolute Gasteiger partial charge is 0.444 e. The normalized spacial score (nSPS) is 25.1. The van der Waals surface area contributed by atoms with E-state index in [4.69, 9.17) is 10.1 Å². The Morgan fingerprint density at radius 2 is 2.03 bits per heavy atom. The lowest BCUT2D eigenvalue weighted by Gasteiger charge is -2.47. The number of nitriles is 3. The smallest absolute Gasteiger partial charge is 0.410 e. The number of hydrogen-bond acceptors (Lipinski definition) is 7. The number of pyridine rings is 1. The first-order chi connectivity index (χ1) is 14.2. The highest BCUT2D eigenvalue weighted by Gasteiger charge is 2.58. The molecule has 1 amide bonds. The van der Waals surface area contributed by atoms with Crippen LogP contribution in [0.15, 0.2) is 36.2 Å². The van der Waals surface area contributed by atoms with Crippen molar-refractivity contribution in [3.63, 3.8) is 0 Å². The molecule has 3 atom stereocenters. The van der Waals surface area contributed by atoms with Gasteiger partial charge in [0.2, 0.25) is 0 Å². The molecule has 1 unspecified atom stereocenters. The first-order valence-electron chi connectivity index (χ1n) is 9.57. The lowest BCUT2D eigenvalue weighted by Crippen LogP contribution is -2.54. The van der Waals surface area contributed by atoms with Crippen LogP contribution in [0.5, 0.6) is 0 Å². The highest BCUT2D eigenvalue weighted by molar-refractivity contribution is 6.00. The van der Waals surface area contributed by atoms with E-state index in [0.717, 1.165) is 0 Å². The van der Waals surface area contributed by atoms with E-state index in [1.807, 2.05) is 12.1 Å². The van der Waals surface area contributed by atoms with Crippen molar-refractivity contribution in [2.45, 2.75) is 32.3 Å². The average Bonchev–Trinajstić information content (AvgIpc) is 2.72. The van der Waals surface area contributed by atoms with Gasteiger partial charge in [0.25, 0.3) is 0 Å². The summed E-state index contributed by atoms with van der Waals surface area (Å²) in [6.07, 6.45) is 4.40. The van der Waals surface area contributed by atoms with Crippen LogP contribution in [-0.4, -0.2) is 40.4 Å². The van der Waals surface area contributed by atoms with Gasteiger partial charge in [0.15, 0.2) is 5.41 Å². The molecule has 0 bridgehead atoms. The van der Waals surface area contributed by atoms with Gasteiger partial charge < -0.3 is 15.0 Å². The van der Waals surface area contributed by atoms with Crippen LogP contribution in [0.2, 0.25) is 0 Å². The molecule has 1 aliphatic heterocycles. The summed E-state index contributed by atoms with van der Waals surface area (Å²) >= 11 is 0. The molecule has 30 heavy (non-hydrogen) atoms. The van der Waals surface area contributed by atoms with E-state index in [-0.39, 0.29) is 18.8 Å². The maximum atomic E-state index is 12.7. The zero-order chi connectivity index (χ0) is 22.1. The Morgan fingerprint density at radius 1 is 1.33 bits per heavy atom. The fourth-order valence-electron chi connectivity index (χ4n) is 4.22. The molecule has 152 valence electrons. The second-order valence-electron chi connectivity index (χ2n) is 8.47. The summed E-state index contributed by atoms with van der Waals surface area (Å²) in [6.45, 7) is 5.74. The number of fused-ring (bicyclic) bond motifs is 1. The van der Waals surface area contributed by atoms with Crippen molar-refractivity contribution < 1.29 is 9.53 Å². The van der Waals surface area contributed by atoms with Gasteiger partial charge in [-0.3, -0.25) is 4.98 Å². The van der Waals surface area contributed by atoms with Gasteiger partial charge >= 0.3 is 6.09 Å². The fraction of sp³-hybridized carbons (Fsp3) is 0.455. The summed E-state index contributed by atoms with van der Waals surface area (Å²) in [4.78, 5) is 18.3. The predicted molar refractivity (Wildman–Crippen MR) is 107 cm³/mol. The van der Waals surface area contributed by atoms with E-state index in [1.54, 1.807) is 51.4 Å². The van der Waals surface area contributed by atoms with E-state index in [9.17, 15) is 20.6 Å². The van der Waals surface area contributed by atoms with Gasteiger partial charge in [0, 0.05) is 37.3 Å². The van der Waals surface area contributed by atoms with Crippen LogP contribution in [0, 0.1) is 56.7 Å². The predicted octanol–water partition coefficient (Wildman–Crippen LogP) is 3.17. The van der Waals surface area contributed by atoms with Gasteiger partial charge in [-0.1, -0.05) is 12.1 Å². The van der Waals surface area contributed by atoms with Crippen LogP contribution in [0.3, 0.4) is 0 Å². The Balaban J connectivity index is 2.13. The molecule has 8 nitrogen and oxygen atoms in total. The van der Waals surface area contributed by atoms with Crippen molar-refractivity contribution in [3.05, 3.63) is 41.7 Å². The van der Waals surface area contributed by atoms with Gasteiger partial charge in [0.05, 0.1) is 23.9 Å². The first kappa shape index (κ1) is 21.0. The van der Waals surface area contributed by atoms with Crippen molar-refractivity contribution in [3.8, 4) is 18.2 Å². The van der Waals surface area contributed by atoms with Crippen LogP contribution >= 0.6 is 0 Å². The van der Waals surface area contributed by atoms with Gasteiger partial charge in [0.1, 0.15) is 11.5 Å². The Bertz CT molecular complexity index is 1000. The van der Waals surface area contributed by atoms with E-state index in [0.29, 0.717) is 11.1 Å². The molecular formula is C22H22N6O2. The molecule has 1 saturated carbocycles. The van der Waals surface area contributed by atoms with Crippen molar-refractivity contribution in [2.24, 2.45) is 17.3 Å². The minimum Gasteiger partial charge on any atom is -0.444 e. The van der Waals surface area contributed by atoms with Crippen LogP contribution in [0.1, 0.15) is 32.3 Å². The second-order valence-corrected chi connectivity index (χ2v) is 8.47. The van der Waals surface area contributed by atoms with E-state index >= 15 is 0 Å². The molecule has 1 aromatic rings. The number of carbonyl (C=O) groups excluding carboxylic acids is 1. The Kier molecular flexibility index (Phi) is 5.33. The molecule has 0 saturated heterocycles. The third-order valence-electron chi connectivity index (χ3n) is 5.49. The lowest BCUT2D eigenvalue weighted by atomic mass is 9.54. The molecule has 3 rings (SSSR count). The SMILES string of the molecule is CC(C)(C)OC(=O)N1CC=C2C(C#N)C(=N)C(C#N)(C#N)[C@H](c3cccnc3)[C@H]2C1. The Labute approximate surface area is 175 Å². The van der Waals surface area contributed by atoms with Crippen molar-refractivity contribution in [2.75, 3.05) is 13.1 Å². The number of hydrogen-bond donors (Lipinski definition) is 1. The van der Waals surface area contributed by atoms with E-state index in [2.05, 4.69) is 11.1 Å². The van der Waals surface area contributed by atoms with E-state index < -0.39 is 34.9 Å². The molecule has 1 aliphatic carbocycles. The summed E-state index contributed by atoms with van der Waals surface area (Å²) < 4.78 is 5.48. The zero-order valence-corrected chi connectivity index (χ0v) is 17.1. The first-order valence-corrected chi connectivity index (χ1v) is 9.57. The summed E-state index contributed by atoms with van der Waals surface area (Å²) in [7, 11) is 0. The van der Waals surface area contributed by atoms with Crippen LogP contribution in [0.25, 0.3) is 0 Å². The van der Waals surface area contributed by atoms with Crippen LogP contribution in [0.4, 0.5) is 4.79 Å². The topological polar surface area (TPSA) is 138 Å². The quantitative estimate of drug-likeness (QED) is 0.716. The number of nitrogens with zero attached hydrogens (tertiary/aromatic N) is 5. The molecule has 1 aromatic heterocycles. The molecule has 0 aromatic carbocycles. The zero-order valence-electron chi connectivity index (χ0n) is 17.1. The summed E-state index contributed by atoms with van der Waals surface area (Å²) in [5.74, 6) is -2.22. The monoisotopic (exact) mass is 402 g/mol. The van der Waals surface area contributed by atoms with Crippen molar-refractivity contribution >= 4 is 11.8 Å². The lowest BCUT2D eigenvalue weighted by molar-refractivity contribution is 0.0222. The maximum Gasteiger partial charge on any atom is 0.410 e. The second kappa shape index (κ2) is 7.61. The molecule has 1 fully saturated rings. The minimum atomic E-state index is -1.83. The molecule has 8 heteroatoms. The van der Waals surface area contributed by atoms with Gasteiger partial charge in [-0.05, 0) is 38.0 Å². The fourth-order valence-corrected chi connectivity index (χ4v) is 4.22. The number of rotatable bonds is 1. The number of aromatic nitrogens is 1. The third-order valence-corrected chi connectivity index (χ3v) is 5.49.